The topological polar surface area (TPSA) is 77.0 Å². The molecule has 2 N–H and O–H groups in total. The predicted octanol–water partition coefficient (Wildman–Crippen LogP) is 2.18. The van der Waals surface area contributed by atoms with Gasteiger partial charge in [0.25, 0.3) is 5.91 Å². The van der Waals surface area contributed by atoms with Crippen LogP contribution in [0.3, 0.4) is 0 Å². The summed E-state index contributed by atoms with van der Waals surface area (Å²) in [5, 5.41) is 5.23. The van der Waals surface area contributed by atoms with E-state index in [0.29, 0.717) is 18.7 Å². The van der Waals surface area contributed by atoms with Gasteiger partial charge in [0.1, 0.15) is 0 Å². The number of aromatic nitrogens is 3. The quantitative estimate of drug-likeness (QED) is 0.904. The van der Waals surface area contributed by atoms with E-state index in [9.17, 15) is 4.79 Å². The maximum Gasteiger partial charge on any atom is 0.255 e. The fourth-order valence-electron chi connectivity index (χ4n) is 2.42. The summed E-state index contributed by atoms with van der Waals surface area (Å²) in [4.78, 5) is 18.6. The van der Waals surface area contributed by atoms with Crippen molar-refractivity contribution in [1.29, 1.82) is 0 Å². The number of nitrogens with zero attached hydrogens (tertiary/aromatic N) is 4. The predicted molar refractivity (Wildman–Crippen MR) is 97.5 cm³/mol. The summed E-state index contributed by atoms with van der Waals surface area (Å²) in [6.45, 7) is 7.14. The average Bonchev–Trinajstić information content (AvgIpc) is 2.72. The van der Waals surface area contributed by atoms with Gasteiger partial charge in [0.05, 0.1) is 11.3 Å². The first-order valence-electron chi connectivity index (χ1n) is 7.00. The largest absolute Gasteiger partial charge is 0.341 e. The van der Waals surface area contributed by atoms with Gasteiger partial charge in [-0.05, 0) is 24.9 Å². The van der Waals surface area contributed by atoms with Gasteiger partial charge in [-0.25, -0.2) is 4.98 Å². The second kappa shape index (κ2) is 7.95. The van der Waals surface area contributed by atoms with E-state index < -0.39 is 0 Å². The summed E-state index contributed by atoms with van der Waals surface area (Å²) in [6, 6.07) is 1.86. The van der Waals surface area contributed by atoms with E-state index in [-0.39, 0.29) is 36.1 Å². The molecule has 0 fully saturated rings. The van der Waals surface area contributed by atoms with Crippen LogP contribution in [0.5, 0.6) is 0 Å². The van der Waals surface area contributed by atoms with Crippen molar-refractivity contribution in [1.82, 2.24) is 19.7 Å². The molecule has 0 bridgehead atoms. The number of pyridine rings is 1. The summed E-state index contributed by atoms with van der Waals surface area (Å²) in [5.41, 5.74) is 7.86. The summed E-state index contributed by atoms with van der Waals surface area (Å²) < 4.78 is 1.72. The van der Waals surface area contributed by atoms with E-state index in [1.165, 1.54) is 0 Å². The van der Waals surface area contributed by atoms with Gasteiger partial charge in [0, 0.05) is 32.2 Å². The van der Waals surface area contributed by atoms with Gasteiger partial charge in [0.15, 0.2) is 5.65 Å². The first-order chi connectivity index (χ1) is 9.75. The van der Waals surface area contributed by atoms with Gasteiger partial charge in [-0.2, -0.15) is 5.10 Å². The molecule has 0 atom stereocenters. The van der Waals surface area contributed by atoms with Crippen LogP contribution in [0.4, 0.5) is 0 Å². The number of halogens is 2. The fraction of sp³-hybridized carbons (Fsp3) is 0.533. The van der Waals surface area contributed by atoms with Crippen LogP contribution in [-0.4, -0.2) is 45.7 Å². The van der Waals surface area contributed by atoms with Gasteiger partial charge in [-0.15, -0.1) is 24.8 Å². The zero-order chi connectivity index (χ0) is 15.8. The molecule has 0 aliphatic rings. The Bertz CT molecular complexity index is 684. The van der Waals surface area contributed by atoms with Gasteiger partial charge in [0.2, 0.25) is 0 Å². The molecule has 0 aromatic carbocycles. The molecule has 0 radical (unpaired) electrons. The molecule has 2 aromatic rings. The first kappa shape index (κ1) is 21.6. The number of aryl methyl sites for hydroxylation is 2. The molecule has 1 amide bonds. The van der Waals surface area contributed by atoms with E-state index in [4.69, 9.17) is 5.73 Å². The zero-order valence-corrected chi connectivity index (χ0v) is 15.8. The van der Waals surface area contributed by atoms with Crippen molar-refractivity contribution in [2.75, 3.05) is 20.1 Å². The van der Waals surface area contributed by atoms with E-state index >= 15 is 0 Å². The highest BCUT2D eigenvalue weighted by atomic mass is 35.5. The van der Waals surface area contributed by atoms with Crippen LogP contribution in [0.1, 0.15) is 29.9 Å². The number of hydrogen-bond donors (Lipinski definition) is 1. The third-order valence-corrected chi connectivity index (χ3v) is 3.67. The van der Waals surface area contributed by atoms with E-state index in [2.05, 4.69) is 10.1 Å². The highest BCUT2D eigenvalue weighted by Gasteiger charge is 2.22. The molecule has 0 saturated carbocycles. The molecule has 0 aliphatic heterocycles. The Morgan fingerprint density at radius 2 is 2.00 bits per heavy atom. The van der Waals surface area contributed by atoms with E-state index in [0.717, 1.165) is 16.7 Å². The molecule has 0 aliphatic carbocycles. The molecule has 6 nitrogen and oxygen atoms in total. The summed E-state index contributed by atoms with van der Waals surface area (Å²) in [6.07, 6.45) is 1.61. The minimum atomic E-state index is -0.105. The molecule has 0 unspecified atom stereocenters. The van der Waals surface area contributed by atoms with Crippen molar-refractivity contribution >= 4 is 41.8 Å². The number of fused-ring (bicyclic) bond motifs is 1. The minimum Gasteiger partial charge on any atom is -0.341 e. The Labute approximate surface area is 149 Å². The number of carbonyl (C=O) groups excluding carboxylic acids is 1. The standard InChI is InChI=1S/C15H23N5O.2ClH/c1-10-12-6-11(7-17-13(12)20(5)18-10)14(21)19(4)9-15(2,3)8-16;;/h6-7H,8-9,16H2,1-5H3;2*1H. The van der Waals surface area contributed by atoms with E-state index in [1.807, 2.05) is 33.9 Å². The van der Waals surface area contributed by atoms with Crippen LogP contribution in [-0.2, 0) is 7.05 Å². The molecule has 23 heavy (non-hydrogen) atoms. The van der Waals surface area contributed by atoms with Crippen LogP contribution in [0, 0.1) is 12.3 Å². The van der Waals surface area contributed by atoms with Crippen molar-refractivity contribution < 1.29 is 4.79 Å². The smallest absolute Gasteiger partial charge is 0.255 e. The maximum absolute atomic E-state index is 12.5. The van der Waals surface area contributed by atoms with Crippen LogP contribution in [0.15, 0.2) is 12.3 Å². The Hall–Kier alpha value is -1.37. The number of nitrogens with two attached hydrogens (primary N) is 1. The molecule has 2 heterocycles. The highest BCUT2D eigenvalue weighted by Crippen LogP contribution is 2.19. The molecule has 0 spiro atoms. The normalized spacial score (nSPS) is 10.9. The molecular formula is C15H25Cl2N5O. The molecule has 2 aromatic heterocycles. The molecule has 130 valence electrons. The van der Waals surface area contributed by atoms with Gasteiger partial charge >= 0.3 is 0 Å². The van der Waals surface area contributed by atoms with Crippen LogP contribution in [0.25, 0.3) is 11.0 Å². The summed E-state index contributed by atoms with van der Waals surface area (Å²) >= 11 is 0. The van der Waals surface area contributed by atoms with Crippen LogP contribution in [0.2, 0.25) is 0 Å². The van der Waals surface area contributed by atoms with Crippen molar-refractivity contribution in [3.05, 3.63) is 23.5 Å². The Kier molecular flexibility index (Phi) is 7.47. The lowest BCUT2D eigenvalue weighted by Gasteiger charge is -2.29. The lowest BCUT2D eigenvalue weighted by atomic mass is 9.93. The second-order valence-corrected chi connectivity index (χ2v) is 6.33. The third kappa shape index (κ3) is 4.56. The maximum atomic E-state index is 12.5. The average molecular weight is 362 g/mol. The first-order valence-corrected chi connectivity index (χ1v) is 7.00. The molecule has 2 rings (SSSR count). The Morgan fingerprint density at radius 1 is 1.39 bits per heavy atom. The zero-order valence-electron chi connectivity index (χ0n) is 14.2. The van der Waals surface area contributed by atoms with Crippen molar-refractivity contribution in [2.45, 2.75) is 20.8 Å². The molecule has 8 heteroatoms. The van der Waals surface area contributed by atoms with Crippen LogP contribution >= 0.6 is 24.8 Å². The minimum absolute atomic E-state index is 0. The number of carbonyl (C=O) groups is 1. The number of rotatable bonds is 4. The highest BCUT2D eigenvalue weighted by molar-refractivity contribution is 5.97. The van der Waals surface area contributed by atoms with Gasteiger partial charge in [-0.3, -0.25) is 9.48 Å². The van der Waals surface area contributed by atoms with Crippen molar-refractivity contribution in [3.63, 3.8) is 0 Å². The Balaban J connectivity index is 0.00000242. The summed E-state index contributed by atoms with van der Waals surface area (Å²) in [7, 11) is 3.64. The van der Waals surface area contributed by atoms with Crippen molar-refractivity contribution in [2.24, 2.45) is 18.2 Å². The van der Waals surface area contributed by atoms with Crippen molar-refractivity contribution in [3.8, 4) is 0 Å². The van der Waals surface area contributed by atoms with Crippen LogP contribution < -0.4 is 5.73 Å². The molecule has 0 saturated heterocycles. The third-order valence-electron chi connectivity index (χ3n) is 3.67. The summed E-state index contributed by atoms with van der Waals surface area (Å²) in [5.74, 6) is -0.0471. The molecular weight excluding hydrogens is 337 g/mol. The Morgan fingerprint density at radius 3 is 2.57 bits per heavy atom. The lowest BCUT2D eigenvalue weighted by molar-refractivity contribution is 0.0740. The van der Waals surface area contributed by atoms with E-state index in [1.54, 1.807) is 22.8 Å². The van der Waals surface area contributed by atoms with Gasteiger partial charge < -0.3 is 10.6 Å². The number of hydrogen-bond acceptors (Lipinski definition) is 4. The second-order valence-electron chi connectivity index (χ2n) is 6.33. The monoisotopic (exact) mass is 361 g/mol. The van der Waals surface area contributed by atoms with Gasteiger partial charge in [-0.1, -0.05) is 13.8 Å². The fourth-order valence-corrected chi connectivity index (χ4v) is 2.42. The lowest BCUT2D eigenvalue weighted by Crippen LogP contribution is -2.39. The number of amides is 1. The SMILES string of the molecule is Cc1nn(C)c2ncc(C(=O)N(C)CC(C)(C)CN)cc12.Cl.Cl.